The Morgan fingerprint density at radius 2 is 1.69 bits per heavy atom. The fraction of sp³-hybridized carbons (Fsp3) is 0.435. The number of benzene rings is 1. The summed E-state index contributed by atoms with van der Waals surface area (Å²) in [5.74, 6) is 0.304. The third-order valence-corrected chi connectivity index (χ3v) is 5.80. The summed E-state index contributed by atoms with van der Waals surface area (Å²) in [5, 5.41) is 0.582. The Bertz CT molecular complexity index is 865. The van der Waals surface area contributed by atoms with Gasteiger partial charge >= 0.3 is 5.97 Å². The molecule has 2 rings (SSSR count). The molecule has 0 fully saturated rings. The summed E-state index contributed by atoms with van der Waals surface area (Å²) >= 11 is 7.32. The lowest BCUT2D eigenvalue weighted by Gasteiger charge is -2.19. The zero-order valence-electron chi connectivity index (χ0n) is 17.5. The number of halogens is 1. The summed E-state index contributed by atoms with van der Waals surface area (Å²) in [6.07, 6.45) is 2.77. The normalized spacial score (nSPS) is 10.8. The maximum atomic E-state index is 13.0. The van der Waals surface area contributed by atoms with E-state index in [0.29, 0.717) is 47.0 Å². The van der Waals surface area contributed by atoms with Crippen molar-refractivity contribution in [2.24, 2.45) is 0 Å². The first-order chi connectivity index (χ1) is 14.0. The number of aromatic nitrogens is 1. The van der Waals surface area contributed by atoms with Gasteiger partial charge in [-0.2, -0.15) is 0 Å². The van der Waals surface area contributed by atoms with Crippen LogP contribution in [0.1, 0.15) is 72.5 Å². The molecule has 1 aromatic heterocycles. The number of rotatable bonds is 9. The molecule has 156 valence electrons. The Labute approximate surface area is 182 Å². The molecule has 1 aromatic carbocycles. The molecule has 1 heterocycles. The average molecular weight is 434 g/mol. The van der Waals surface area contributed by atoms with Crippen LogP contribution in [0.3, 0.4) is 0 Å². The van der Waals surface area contributed by atoms with Crippen LogP contribution in [-0.2, 0) is 17.6 Å². The van der Waals surface area contributed by atoms with Crippen LogP contribution in [-0.4, -0.2) is 28.4 Å². The minimum Gasteiger partial charge on any atom is -0.462 e. The maximum absolute atomic E-state index is 13.0. The number of pyridine rings is 1. The molecule has 0 aliphatic rings. The number of thioether (sulfide) groups is 1. The van der Waals surface area contributed by atoms with Gasteiger partial charge in [0.25, 0.3) is 0 Å². The molecule has 0 spiro atoms. The molecule has 0 saturated heterocycles. The SMILES string of the molecule is CCCOC(=O)c1c(-c2ccc(Cl)cc2)nc(CC)c(C(=O)SCCC)c1CC. The lowest BCUT2D eigenvalue weighted by molar-refractivity contribution is 0.0504. The number of carbonyl (C=O) groups excluding carboxylic acids is 2. The van der Waals surface area contributed by atoms with E-state index in [4.69, 9.17) is 21.3 Å². The van der Waals surface area contributed by atoms with Gasteiger partial charge in [-0.05, 0) is 43.4 Å². The molecule has 0 aliphatic heterocycles. The summed E-state index contributed by atoms with van der Waals surface area (Å²) in [5.41, 5.74) is 3.72. The Hall–Kier alpha value is -1.85. The minimum atomic E-state index is -0.432. The number of aryl methyl sites for hydroxylation is 1. The summed E-state index contributed by atoms with van der Waals surface area (Å²) < 4.78 is 5.47. The van der Waals surface area contributed by atoms with Crippen LogP contribution in [0.5, 0.6) is 0 Å². The first kappa shape index (κ1) is 23.4. The van der Waals surface area contributed by atoms with Gasteiger partial charge in [-0.25, -0.2) is 4.79 Å². The molecule has 2 aromatic rings. The quantitative estimate of drug-likeness (QED) is 0.429. The number of hydrogen-bond acceptors (Lipinski definition) is 5. The van der Waals surface area contributed by atoms with Gasteiger partial charge in [0.2, 0.25) is 5.12 Å². The van der Waals surface area contributed by atoms with Crippen LogP contribution >= 0.6 is 23.4 Å². The number of ether oxygens (including phenoxy) is 1. The molecule has 6 heteroatoms. The Balaban J connectivity index is 2.76. The zero-order valence-corrected chi connectivity index (χ0v) is 19.1. The van der Waals surface area contributed by atoms with Crippen molar-refractivity contribution in [3.05, 3.63) is 51.7 Å². The van der Waals surface area contributed by atoms with Crippen LogP contribution in [0.2, 0.25) is 5.02 Å². The van der Waals surface area contributed by atoms with Crippen LogP contribution in [0, 0.1) is 0 Å². The highest BCUT2D eigenvalue weighted by Gasteiger charge is 2.28. The van der Waals surface area contributed by atoms with Gasteiger partial charge in [0, 0.05) is 16.3 Å². The van der Waals surface area contributed by atoms with Gasteiger partial charge in [-0.15, -0.1) is 0 Å². The largest absolute Gasteiger partial charge is 0.462 e. The van der Waals surface area contributed by atoms with Crippen molar-refractivity contribution in [2.45, 2.75) is 53.4 Å². The molecule has 0 aliphatic carbocycles. The first-order valence-corrected chi connectivity index (χ1v) is 11.5. The highest BCUT2D eigenvalue weighted by atomic mass is 35.5. The summed E-state index contributed by atoms with van der Waals surface area (Å²) in [4.78, 5) is 30.8. The molecule has 0 unspecified atom stereocenters. The summed E-state index contributed by atoms with van der Waals surface area (Å²) in [6.45, 7) is 8.24. The van der Waals surface area contributed by atoms with E-state index < -0.39 is 5.97 Å². The molecular weight excluding hydrogens is 406 g/mol. The van der Waals surface area contributed by atoms with Gasteiger partial charge in [0.15, 0.2) is 0 Å². The Morgan fingerprint density at radius 1 is 1.00 bits per heavy atom. The maximum Gasteiger partial charge on any atom is 0.340 e. The molecule has 29 heavy (non-hydrogen) atoms. The van der Waals surface area contributed by atoms with E-state index in [-0.39, 0.29) is 5.12 Å². The van der Waals surface area contributed by atoms with E-state index in [1.807, 2.05) is 39.8 Å². The second-order valence-electron chi connectivity index (χ2n) is 6.62. The van der Waals surface area contributed by atoms with E-state index in [9.17, 15) is 9.59 Å². The number of carbonyl (C=O) groups is 2. The molecule has 0 bridgehead atoms. The third-order valence-electron chi connectivity index (χ3n) is 4.46. The van der Waals surface area contributed by atoms with Crippen molar-refractivity contribution in [3.8, 4) is 11.3 Å². The number of esters is 1. The molecule has 0 saturated carbocycles. The minimum absolute atomic E-state index is 0.0275. The standard InChI is InChI=1S/C23H28ClNO3S/c1-5-13-28-22(26)20-17(7-3)19(23(27)29-14-6-2)18(8-4)25-21(20)15-9-11-16(24)12-10-15/h9-12H,5-8,13-14H2,1-4H3. The lowest BCUT2D eigenvalue weighted by Crippen LogP contribution is -2.18. The molecule has 0 radical (unpaired) electrons. The molecular formula is C23H28ClNO3S. The topological polar surface area (TPSA) is 56.3 Å². The molecule has 0 atom stereocenters. The highest BCUT2D eigenvalue weighted by Crippen LogP contribution is 2.33. The lowest BCUT2D eigenvalue weighted by atomic mass is 9.93. The third kappa shape index (κ3) is 5.61. The Kier molecular flexibility index (Phi) is 9.18. The van der Waals surface area contributed by atoms with Gasteiger partial charge in [-0.3, -0.25) is 9.78 Å². The summed E-state index contributed by atoms with van der Waals surface area (Å²) in [7, 11) is 0. The van der Waals surface area contributed by atoms with E-state index in [2.05, 4.69) is 0 Å². The summed E-state index contributed by atoms with van der Waals surface area (Å²) in [6, 6.07) is 7.22. The van der Waals surface area contributed by atoms with Crippen molar-refractivity contribution in [1.29, 1.82) is 0 Å². The second-order valence-corrected chi connectivity index (χ2v) is 8.13. The predicted molar refractivity (Wildman–Crippen MR) is 121 cm³/mol. The molecule has 0 N–H and O–H groups in total. The number of nitrogens with zero attached hydrogens (tertiary/aromatic N) is 1. The van der Waals surface area contributed by atoms with Crippen molar-refractivity contribution < 1.29 is 14.3 Å². The van der Waals surface area contributed by atoms with Crippen LogP contribution in [0.15, 0.2) is 24.3 Å². The van der Waals surface area contributed by atoms with E-state index in [0.717, 1.165) is 29.7 Å². The van der Waals surface area contributed by atoms with E-state index in [1.165, 1.54) is 11.8 Å². The Morgan fingerprint density at radius 3 is 2.24 bits per heavy atom. The van der Waals surface area contributed by atoms with Crippen molar-refractivity contribution >= 4 is 34.4 Å². The smallest absolute Gasteiger partial charge is 0.340 e. The van der Waals surface area contributed by atoms with Gasteiger partial charge in [0.05, 0.1) is 29.1 Å². The average Bonchev–Trinajstić information content (AvgIpc) is 2.74. The fourth-order valence-electron chi connectivity index (χ4n) is 3.11. The van der Waals surface area contributed by atoms with Crippen molar-refractivity contribution in [2.75, 3.05) is 12.4 Å². The zero-order chi connectivity index (χ0) is 21.4. The molecule has 4 nitrogen and oxygen atoms in total. The monoisotopic (exact) mass is 433 g/mol. The van der Waals surface area contributed by atoms with Crippen LogP contribution < -0.4 is 0 Å². The first-order valence-electron chi connectivity index (χ1n) is 10.1. The van der Waals surface area contributed by atoms with Crippen LogP contribution in [0.25, 0.3) is 11.3 Å². The van der Waals surface area contributed by atoms with E-state index in [1.54, 1.807) is 12.1 Å². The van der Waals surface area contributed by atoms with Gasteiger partial charge < -0.3 is 4.74 Å². The fourth-order valence-corrected chi connectivity index (χ4v) is 4.01. The van der Waals surface area contributed by atoms with Gasteiger partial charge in [-0.1, -0.05) is 63.2 Å². The van der Waals surface area contributed by atoms with Crippen molar-refractivity contribution in [3.63, 3.8) is 0 Å². The predicted octanol–water partition coefficient (Wildman–Crippen LogP) is 6.38. The molecule has 0 amide bonds. The highest BCUT2D eigenvalue weighted by molar-refractivity contribution is 8.14. The van der Waals surface area contributed by atoms with E-state index >= 15 is 0 Å². The van der Waals surface area contributed by atoms with Crippen LogP contribution in [0.4, 0.5) is 0 Å². The van der Waals surface area contributed by atoms with Gasteiger partial charge in [0.1, 0.15) is 0 Å². The number of hydrogen-bond donors (Lipinski definition) is 0. The van der Waals surface area contributed by atoms with Crippen molar-refractivity contribution in [1.82, 2.24) is 4.98 Å². The second kappa shape index (κ2) is 11.4.